The minimum atomic E-state index is -4.77. The Kier molecular flexibility index (Phi) is 4.94. The summed E-state index contributed by atoms with van der Waals surface area (Å²) in [6.45, 7) is 1.62. The summed E-state index contributed by atoms with van der Waals surface area (Å²) in [7, 11) is -4.51. The first kappa shape index (κ1) is 18.7. The minimum absolute atomic E-state index is 0.172. The lowest BCUT2D eigenvalue weighted by Gasteiger charge is -2.14. The molecule has 2 aromatic carbocycles. The fraction of sp³-hybridized carbons (Fsp3) is 0.294. The van der Waals surface area contributed by atoms with Crippen molar-refractivity contribution in [3.05, 3.63) is 59.4 Å². The maximum absolute atomic E-state index is 13.9. The number of nitrogens with one attached hydrogen (secondary N) is 2. The van der Waals surface area contributed by atoms with E-state index in [0.717, 1.165) is 25.1 Å². The van der Waals surface area contributed by atoms with Crippen molar-refractivity contribution in [1.29, 1.82) is 0 Å². The predicted octanol–water partition coefficient (Wildman–Crippen LogP) is 3.72. The Hall–Kier alpha value is -2.13. The molecule has 0 aliphatic carbocycles. The standard InChI is InChI=1S/C17H16F4N2O2S/c18-15-5-4-13(17(19,20)21)9-16(15)26(24,25)23-14-3-1-2-11(8-14)12-6-7-22-10-12/h1-5,8-9,12,22-23H,6-7,10H2/t12-/m1/s1. The van der Waals surface area contributed by atoms with Gasteiger partial charge in [0.15, 0.2) is 0 Å². The highest BCUT2D eigenvalue weighted by molar-refractivity contribution is 7.92. The first-order valence-electron chi connectivity index (χ1n) is 7.87. The molecule has 0 radical (unpaired) electrons. The molecule has 0 spiro atoms. The zero-order valence-corrected chi connectivity index (χ0v) is 14.3. The normalized spacial score (nSPS) is 18.1. The van der Waals surface area contributed by atoms with Gasteiger partial charge in [-0.15, -0.1) is 0 Å². The van der Waals surface area contributed by atoms with Gasteiger partial charge in [-0.1, -0.05) is 12.1 Å². The van der Waals surface area contributed by atoms with E-state index in [-0.39, 0.29) is 11.6 Å². The topological polar surface area (TPSA) is 58.2 Å². The zero-order chi connectivity index (χ0) is 18.9. The van der Waals surface area contributed by atoms with E-state index in [1.807, 2.05) is 6.07 Å². The van der Waals surface area contributed by atoms with Gasteiger partial charge in [0, 0.05) is 12.2 Å². The summed E-state index contributed by atoms with van der Waals surface area (Å²) < 4.78 is 79.2. The average Bonchev–Trinajstić information content (AvgIpc) is 3.08. The van der Waals surface area contributed by atoms with Crippen LogP contribution in [0.15, 0.2) is 47.4 Å². The Morgan fingerprint density at radius 1 is 1.12 bits per heavy atom. The van der Waals surface area contributed by atoms with Crippen molar-refractivity contribution in [2.75, 3.05) is 17.8 Å². The van der Waals surface area contributed by atoms with Crippen molar-refractivity contribution in [2.45, 2.75) is 23.4 Å². The predicted molar refractivity (Wildman–Crippen MR) is 88.9 cm³/mol. The Labute approximate surface area is 148 Å². The number of alkyl halides is 3. The Bertz CT molecular complexity index is 907. The second-order valence-electron chi connectivity index (χ2n) is 6.06. The molecule has 9 heteroatoms. The van der Waals surface area contributed by atoms with Gasteiger partial charge in [0.1, 0.15) is 10.7 Å². The molecule has 3 rings (SSSR count). The van der Waals surface area contributed by atoms with E-state index in [9.17, 15) is 26.0 Å². The average molecular weight is 388 g/mol. The number of hydrogen-bond acceptors (Lipinski definition) is 3. The quantitative estimate of drug-likeness (QED) is 0.785. The van der Waals surface area contributed by atoms with Crippen LogP contribution in [0.4, 0.5) is 23.2 Å². The van der Waals surface area contributed by atoms with E-state index in [1.165, 1.54) is 6.07 Å². The Morgan fingerprint density at radius 3 is 2.54 bits per heavy atom. The SMILES string of the molecule is O=S(=O)(Nc1cccc([C@@H]2CCNC2)c1)c1cc(C(F)(F)F)ccc1F. The molecule has 1 aliphatic heterocycles. The first-order valence-corrected chi connectivity index (χ1v) is 9.35. The Balaban J connectivity index is 1.91. The maximum atomic E-state index is 13.9. The van der Waals surface area contributed by atoms with Gasteiger partial charge in [0.25, 0.3) is 10.0 Å². The molecule has 2 aromatic rings. The highest BCUT2D eigenvalue weighted by Crippen LogP contribution is 2.32. The number of halogens is 4. The molecule has 0 bridgehead atoms. The summed E-state index contributed by atoms with van der Waals surface area (Å²) in [4.78, 5) is -1.04. The summed E-state index contributed by atoms with van der Waals surface area (Å²) in [5, 5.41) is 3.20. The van der Waals surface area contributed by atoms with Crippen LogP contribution in [-0.2, 0) is 16.2 Å². The molecule has 2 N–H and O–H groups in total. The molecule has 4 nitrogen and oxygen atoms in total. The van der Waals surface area contributed by atoms with Crippen LogP contribution in [0.5, 0.6) is 0 Å². The van der Waals surface area contributed by atoms with Crippen molar-refractivity contribution >= 4 is 15.7 Å². The molecule has 26 heavy (non-hydrogen) atoms. The van der Waals surface area contributed by atoms with Crippen molar-refractivity contribution in [3.63, 3.8) is 0 Å². The van der Waals surface area contributed by atoms with Gasteiger partial charge in [0.05, 0.1) is 5.56 Å². The molecule has 0 unspecified atom stereocenters. The first-order chi connectivity index (χ1) is 12.2. The fourth-order valence-corrected chi connectivity index (χ4v) is 4.05. The molecule has 1 heterocycles. The smallest absolute Gasteiger partial charge is 0.316 e. The molecule has 0 aromatic heterocycles. The van der Waals surface area contributed by atoms with Crippen LogP contribution >= 0.6 is 0 Å². The summed E-state index contributed by atoms with van der Waals surface area (Å²) in [6, 6.07) is 7.87. The van der Waals surface area contributed by atoms with E-state index in [2.05, 4.69) is 10.0 Å². The Morgan fingerprint density at radius 2 is 1.88 bits per heavy atom. The maximum Gasteiger partial charge on any atom is 0.416 e. The van der Waals surface area contributed by atoms with E-state index in [0.29, 0.717) is 18.2 Å². The molecule has 140 valence electrons. The molecule has 0 amide bonds. The molecule has 0 saturated carbocycles. The highest BCUT2D eigenvalue weighted by atomic mass is 32.2. The molecule has 1 fully saturated rings. The van der Waals surface area contributed by atoms with Crippen LogP contribution in [-0.4, -0.2) is 21.5 Å². The van der Waals surface area contributed by atoms with Crippen LogP contribution in [0.3, 0.4) is 0 Å². The van der Waals surface area contributed by atoms with Crippen LogP contribution in [0.1, 0.15) is 23.5 Å². The van der Waals surface area contributed by atoms with E-state index < -0.39 is 32.5 Å². The van der Waals surface area contributed by atoms with Crippen molar-refractivity contribution < 1.29 is 26.0 Å². The van der Waals surface area contributed by atoms with Gasteiger partial charge in [0.2, 0.25) is 0 Å². The minimum Gasteiger partial charge on any atom is -0.316 e. The third-order valence-corrected chi connectivity index (χ3v) is 5.61. The fourth-order valence-electron chi connectivity index (χ4n) is 2.89. The highest BCUT2D eigenvalue weighted by Gasteiger charge is 2.33. The second-order valence-corrected chi connectivity index (χ2v) is 7.71. The van der Waals surface area contributed by atoms with Gasteiger partial charge in [-0.3, -0.25) is 4.72 Å². The van der Waals surface area contributed by atoms with E-state index in [1.54, 1.807) is 12.1 Å². The summed E-state index contributed by atoms with van der Waals surface area (Å²) in [5.74, 6) is -1.02. The van der Waals surface area contributed by atoms with E-state index in [4.69, 9.17) is 0 Å². The molecule has 1 saturated heterocycles. The second kappa shape index (κ2) is 6.88. The van der Waals surface area contributed by atoms with Crippen LogP contribution in [0, 0.1) is 5.82 Å². The molecular formula is C17H16F4N2O2S. The van der Waals surface area contributed by atoms with Crippen LogP contribution in [0.25, 0.3) is 0 Å². The van der Waals surface area contributed by atoms with Crippen LogP contribution in [0.2, 0.25) is 0 Å². The summed E-state index contributed by atoms with van der Waals surface area (Å²) in [5.41, 5.74) is -0.156. The number of rotatable bonds is 4. The lowest BCUT2D eigenvalue weighted by Crippen LogP contribution is -2.16. The lowest BCUT2D eigenvalue weighted by atomic mass is 9.98. The molecular weight excluding hydrogens is 372 g/mol. The van der Waals surface area contributed by atoms with Crippen molar-refractivity contribution in [2.24, 2.45) is 0 Å². The number of benzene rings is 2. The zero-order valence-electron chi connectivity index (χ0n) is 13.5. The monoisotopic (exact) mass is 388 g/mol. The third-order valence-electron chi connectivity index (χ3n) is 4.22. The molecule has 1 aliphatic rings. The number of anilines is 1. The number of hydrogen-bond donors (Lipinski definition) is 2. The third kappa shape index (κ3) is 3.99. The van der Waals surface area contributed by atoms with Crippen LogP contribution < -0.4 is 10.0 Å². The molecule has 1 atom stereocenters. The van der Waals surface area contributed by atoms with Gasteiger partial charge in [-0.25, -0.2) is 12.8 Å². The van der Waals surface area contributed by atoms with Gasteiger partial charge in [-0.2, -0.15) is 13.2 Å². The van der Waals surface area contributed by atoms with Gasteiger partial charge < -0.3 is 5.32 Å². The van der Waals surface area contributed by atoms with Crippen molar-refractivity contribution in [3.8, 4) is 0 Å². The number of sulfonamides is 1. The van der Waals surface area contributed by atoms with Crippen molar-refractivity contribution in [1.82, 2.24) is 5.32 Å². The largest absolute Gasteiger partial charge is 0.416 e. The van der Waals surface area contributed by atoms with Gasteiger partial charge >= 0.3 is 6.18 Å². The van der Waals surface area contributed by atoms with Gasteiger partial charge in [-0.05, 0) is 54.8 Å². The summed E-state index contributed by atoms with van der Waals surface area (Å²) >= 11 is 0. The van der Waals surface area contributed by atoms with E-state index >= 15 is 0 Å². The lowest BCUT2D eigenvalue weighted by molar-refractivity contribution is -0.137. The summed E-state index contributed by atoms with van der Waals surface area (Å²) in [6.07, 6.45) is -3.87.